The maximum atomic E-state index is 11.9. The van der Waals surface area contributed by atoms with E-state index in [2.05, 4.69) is 5.32 Å². The first-order valence-electron chi connectivity index (χ1n) is 6.36. The van der Waals surface area contributed by atoms with Crippen molar-refractivity contribution in [3.8, 4) is 0 Å². The second kappa shape index (κ2) is 6.33. The quantitative estimate of drug-likeness (QED) is 0.674. The number of nitrogens with one attached hydrogen (secondary N) is 1. The molecule has 2 atom stereocenters. The van der Waals surface area contributed by atoms with Crippen molar-refractivity contribution in [2.75, 3.05) is 53.1 Å². The SMILES string of the molecule is COCCOCC(=O)N1CCC2CNCC2C1. The van der Waals surface area contributed by atoms with Crippen LogP contribution in [0.4, 0.5) is 0 Å². The normalized spacial score (nSPS) is 28.2. The zero-order valence-electron chi connectivity index (χ0n) is 10.5. The van der Waals surface area contributed by atoms with E-state index in [1.54, 1.807) is 7.11 Å². The van der Waals surface area contributed by atoms with Crippen LogP contribution in [0.25, 0.3) is 0 Å². The van der Waals surface area contributed by atoms with Crippen molar-refractivity contribution >= 4 is 5.91 Å². The van der Waals surface area contributed by atoms with Crippen molar-refractivity contribution in [1.82, 2.24) is 10.2 Å². The lowest BCUT2D eigenvalue weighted by atomic mass is 9.89. The van der Waals surface area contributed by atoms with E-state index in [0.29, 0.717) is 19.1 Å². The summed E-state index contributed by atoms with van der Waals surface area (Å²) in [7, 11) is 1.63. The Kier molecular flexibility index (Phi) is 4.76. The summed E-state index contributed by atoms with van der Waals surface area (Å²) in [6.45, 7) is 5.18. The molecule has 2 heterocycles. The van der Waals surface area contributed by atoms with Crippen LogP contribution in [0.5, 0.6) is 0 Å². The Morgan fingerprint density at radius 1 is 1.35 bits per heavy atom. The van der Waals surface area contributed by atoms with E-state index in [9.17, 15) is 4.79 Å². The summed E-state index contributed by atoms with van der Waals surface area (Å²) in [6, 6.07) is 0. The highest BCUT2D eigenvalue weighted by molar-refractivity contribution is 5.77. The molecule has 17 heavy (non-hydrogen) atoms. The molecule has 5 nitrogen and oxygen atoms in total. The highest BCUT2D eigenvalue weighted by Crippen LogP contribution is 2.26. The average molecular weight is 242 g/mol. The van der Waals surface area contributed by atoms with Crippen molar-refractivity contribution in [1.29, 1.82) is 0 Å². The lowest BCUT2D eigenvalue weighted by molar-refractivity contribution is -0.138. The van der Waals surface area contributed by atoms with Crippen molar-refractivity contribution in [3.63, 3.8) is 0 Å². The van der Waals surface area contributed by atoms with E-state index >= 15 is 0 Å². The summed E-state index contributed by atoms with van der Waals surface area (Å²) in [5, 5.41) is 3.40. The molecular formula is C12H22N2O3. The summed E-state index contributed by atoms with van der Waals surface area (Å²) in [5.41, 5.74) is 0. The Morgan fingerprint density at radius 2 is 2.18 bits per heavy atom. The Hall–Kier alpha value is -0.650. The monoisotopic (exact) mass is 242 g/mol. The number of carbonyl (C=O) groups excluding carboxylic acids is 1. The Labute approximate surface area is 102 Å². The summed E-state index contributed by atoms with van der Waals surface area (Å²) in [5.74, 6) is 1.53. The molecule has 0 radical (unpaired) electrons. The van der Waals surface area contributed by atoms with E-state index in [1.807, 2.05) is 4.90 Å². The predicted octanol–water partition coefficient (Wildman–Crippen LogP) is -0.283. The number of hydrogen-bond acceptors (Lipinski definition) is 4. The first-order valence-corrected chi connectivity index (χ1v) is 6.36. The number of methoxy groups -OCH3 is 1. The van der Waals surface area contributed by atoms with Crippen LogP contribution in [-0.4, -0.2) is 63.9 Å². The van der Waals surface area contributed by atoms with Gasteiger partial charge in [0.25, 0.3) is 0 Å². The van der Waals surface area contributed by atoms with Crippen LogP contribution in [-0.2, 0) is 14.3 Å². The second-order valence-electron chi connectivity index (χ2n) is 4.85. The number of nitrogens with zero attached hydrogens (tertiary/aromatic N) is 1. The topological polar surface area (TPSA) is 50.8 Å². The minimum absolute atomic E-state index is 0.117. The zero-order chi connectivity index (χ0) is 12.1. The van der Waals surface area contributed by atoms with Crippen LogP contribution < -0.4 is 5.32 Å². The van der Waals surface area contributed by atoms with E-state index in [1.165, 1.54) is 0 Å². The first-order chi connectivity index (χ1) is 8.31. The highest BCUT2D eigenvalue weighted by Gasteiger charge is 2.34. The van der Waals surface area contributed by atoms with Gasteiger partial charge in [0.2, 0.25) is 5.91 Å². The standard InChI is InChI=1S/C12H22N2O3/c1-16-4-5-17-9-12(15)14-3-2-10-6-13-7-11(10)8-14/h10-11,13H,2-9H2,1H3. The molecule has 2 rings (SSSR count). The van der Waals surface area contributed by atoms with Gasteiger partial charge in [-0.05, 0) is 31.3 Å². The molecular weight excluding hydrogens is 220 g/mol. The smallest absolute Gasteiger partial charge is 0.248 e. The fourth-order valence-electron chi connectivity index (χ4n) is 2.65. The van der Waals surface area contributed by atoms with E-state index < -0.39 is 0 Å². The third-order valence-corrected chi connectivity index (χ3v) is 3.71. The molecule has 0 aliphatic carbocycles. The van der Waals surface area contributed by atoms with Gasteiger partial charge in [-0.2, -0.15) is 0 Å². The molecule has 2 fully saturated rings. The first kappa shape index (κ1) is 12.8. The third-order valence-electron chi connectivity index (χ3n) is 3.71. The van der Waals surface area contributed by atoms with Gasteiger partial charge in [0.05, 0.1) is 13.2 Å². The van der Waals surface area contributed by atoms with Crippen LogP contribution in [0, 0.1) is 11.8 Å². The van der Waals surface area contributed by atoms with E-state index in [4.69, 9.17) is 9.47 Å². The van der Waals surface area contributed by atoms with Gasteiger partial charge in [-0.15, -0.1) is 0 Å². The summed E-state index contributed by atoms with van der Waals surface area (Å²) in [4.78, 5) is 13.8. The second-order valence-corrected chi connectivity index (χ2v) is 4.85. The van der Waals surface area contributed by atoms with Crippen LogP contribution in [0.1, 0.15) is 6.42 Å². The molecule has 0 saturated carbocycles. The minimum atomic E-state index is 0.117. The average Bonchev–Trinajstić information content (AvgIpc) is 2.81. The molecule has 2 saturated heterocycles. The molecule has 0 aromatic heterocycles. The number of hydrogen-bond donors (Lipinski definition) is 1. The van der Waals surface area contributed by atoms with Gasteiger partial charge in [-0.3, -0.25) is 4.79 Å². The molecule has 98 valence electrons. The molecule has 2 unspecified atom stereocenters. The largest absolute Gasteiger partial charge is 0.382 e. The maximum absolute atomic E-state index is 11.9. The van der Waals surface area contributed by atoms with E-state index in [-0.39, 0.29) is 12.5 Å². The number of carbonyl (C=O) groups is 1. The van der Waals surface area contributed by atoms with Gasteiger partial charge in [0.1, 0.15) is 6.61 Å². The fourth-order valence-corrected chi connectivity index (χ4v) is 2.65. The van der Waals surface area contributed by atoms with Crippen molar-refractivity contribution in [2.45, 2.75) is 6.42 Å². The lowest BCUT2D eigenvalue weighted by Crippen LogP contribution is -2.44. The number of ether oxygens (including phenoxy) is 2. The van der Waals surface area contributed by atoms with Crippen LogP contribution >= 0.6 is 0 Å². The summed E-state index contributed by atoms with van der Waals surface area (Å²) in [6.07, 6.45) is 1.13. The van der Waals surface area contributed by atoms with Gasteiger partial charge in [-0.1, -0.05) is 0 Å². The van der Waals surface area contributed by atoms with Crippen LogP contribution in [0.3, 0.4) is 0 Å². The number of amides is 1. The molecule has 2 aliphatic rings. The van der Waals surface area contributed by atoms with Gasteiger partial charge in [0, 0.05) is 20.2 Å². The van der Waals surface area contributed by atoms with Gasteiger partial charge < -0.3 is 19.7 Å². The Bertz CT molecular complexity index is 260. The lowest BCUT2D eigenvalue weighted by Gasteiger charge is -2.34. The van der Waals surface area contributed by atoms with Gasteiger partial charge in [-0.25, -0.2) is 0 Å². The molecule has 5 heteroatoms. The number of piperidine rings is 1. The predicted molar refractivity (Wildman–Crippen MR) is 63.7 cm³/mol. The summed E-state index contributed by atoms with van der Waals surface area (Å²) < 4.78 is 10.1. The van der Waals surface area contributed by atoms with Gasteiger partial charge in [0.15, 0.2) is 0 Å². The van der Waals surface area contributed by atoms with Crippen molar-refractivity contribution in [3.05, 3.63) is 0 Å². The minimum Gasteiger partial charge on any atom is -0.382 e. The van der Waals surface area contributed by atoms with Crippen molar-refractivity contribution < 1.29 is 14.3 Å². The molecule has 1 N–H and O–H groups in total. The highest BCUT2D eigenvalue weighted by atomic mass is 16.5. The molecule has 1 amide bonds. The fraction of sp³-hybridized carbons (Fsp3) is 0.917. The molecule has 0 aromatic rings. The molecule has 0 aromatic carbocycles. The molecule has 2 aliphatic heterocycles. The summed E-state index contributed by atoms with van der Waals surface area (Å²) >= 11 is 0. The maximum Gasteiger partial charge on any atom is 0.248 e. The van der Waals surface area contributed by atoms with Crippen molar-refractivity contribution in [2.24, 2.45) is 11.8 Å². The number of rotatable bonds is 5. The molecule has 0 bridgehead atoms. The van der Waals surface area contributed by atoms with Crippen LogP contribution in [0.2, 0.25) is 0 Å². The number of likely N-dealkylation sites (tertiary alicyclic amines) is 1. The number of fused-ring (bicyclic) bond motifs is 1. The van der Waals surface area contributed by atoms with E-state index in [0.717, 1.165) is 38.5 Å². The third kappa shape index (κ3) is 3.40. The zero-order valence-corrected chi connectivity index (χ0v) is 10.5. The Balaban J connectivity index is 1.69. The Morgan fingerprint density at radius 3 is 3.00 bits per heavy atom. The molecule has 0 spiro atoms. The van der Waals surface area contributed by atoms with Gasteiger partial charge >= 0.3 is 0 Å². The van der Waals surface area contributed by atoms with Crippen LogP contribution in [0.15, 0.2) is 0 Å².